The SMILES string of the molecule is CC([O-])=C(N=O)C(=O)Nc1ccccc1. The number of carbonyl (C=O) groups excluding carboxylic acids is 1. The standard InChI is InChI=1S/C10H10N2O3/c1-7(13)9(12-15)10(14)11-8-5-3-2-4-6-8/h2-6,13H,1H3,(H,11,14)/p-1. The Bertz CT molecular complexity index is 394. The van der Waals surface area contributed by atoms with E-state index in [-0.39, 0.29) is 0 Å². The predicted octanol–water partition coefficient (Wildman–Crippen LogP) is 0.983. The van der Waals surface area contributed by atoms with Gasteiger partial charge in [-0.2, -0.15) is 0 Å². The lowest BCUT2D eigenvalue weighted by atomic mass is 10.3. The molecule has 1 N–H and O–H groups in total. The predicted molar refractivity (Wildman–Crippen MR) is 53.6 cm³/mol. The van der Waals surface area contributed by atoms with E-state index in [0.29, 0.717) is 5.69 Å². The summed E-state index contributed by atoms with van der Waals surface area (Å²) in [6.07, 6.45) is 0. The van der Waals surface area contributed by atoms with Gasteiger partial charge in [0.05, 0.1) is 0 Å². The van der Waals surface area contributed by atoms with Gasteiger partial charge < -0.3 is 10.4 Å². The molecule has 0 radical (unpaired) electrons. The van der Waals surface area contributed by atoms with E-state index in [2.05, 4.69) is 10.5 Å². The molecule has 0 spiro atoms. The summed E-state index contributed by atoms with van der Waals surface area (Å²) in [6.45, 7) is 1.11. The van der Waals surface area contributed by atoms with E-state index in [1.54, 1.807) is 30.3 Å². The normalized spacial score (nSPS) is 11.5. The molecule has 0 aliphatic rings. The molecule has 0 saturated carbocycles. The zero-order chi connectivity index (χ0) is 11.3. The molecule has 0 bridgehead atoms. The topological polar surface area (TPSA) is 81.6 Å². The molecule has 0 saturated heterocycles. The van der Waals surface area contributed by atoms with Gasteiger partial charge in [0.25, 0.3) is 5.91 Å². The Labute approximate surface area is 86.4 Å². The van der Waals surface area contributed by atoms with Crippen LogP contribution in [0.2, 0.25) is 0 Å². The van der Waals surface area contributed by atoms with Crippen molar-refractivity contribution in [1.29, 1.82) is 0 Å². The number of allylic oxidation sites excluding steroid dienone is 1. The van der Waals surface area contributed by atoms with E-state index in [1.807, 2.05) is 0 Å². The van der Waals surface area contributed by atoms with Gasteiger partial charge in [-0.25, -0.2) is 0 Å². The molecule has 0 aliphatic carbocycles. The number of anilines is 1. The third-order valence-corrected chi connectivity index (χ3v) is 1.67. The second-order valence-corrected chi connectivity index (χ2v) is 2.82. The van der Waals surface area contributed by atoms with Crippen LogP contribution in [-0.2, 0) is 4.79 Å². The van der Waals surface area contributed by atoms with E-state index < -0.39 is 17.4 Å². The molecule has 0 unspecified atom stereocenters. The van der Waals surface area contributed by atoms with Crippen molar-refractivity contribution in [3.8, 4) is 0 Å². The molecular formula is C10H9N2O3-. The number of amides is 1. The Morgan fingerprint density at radius 3 is 2.40 bits per heavy atom. The van der Waals surface area contributed by atoms with Gasteiger partial charge in [-0.3, -0.25) is 4.79 Å². The molecule has 1 aromatic carbocycles. The minimum absolute atomic E-state index is 0.505. The summed E-state index contributed by atoms with van der Waals surface area (Å²) >= 11 is 0. The highest BCUT2D eigenvalue weighted by molar-refractivity contribution is 6.03. The van der Waals surface area contributed by atoms with Crippen LogP contribution in [0.15, 0.2) is 47.0 Å². The number of rotatable bonds is 3. The highest BCUT2D eigenvalue weighted by atomic mass is 16.3. The lowest BCUT2D eigenvalue weighted by Crippen LogP contribution is -2.17. The number of nitrogens with one attached hydrogen (secondary N) is 1. The van der Waals surface area contributed by atoms with Crippen LogP contribution in [-0.4, -0.2) is 5.91 Å². The summed E-state index contributed by atoms with van der Waals surface area (Å²) in [5, 5.41) is 15.6. The monoisotopic (exact) mass is 205 g/mol. The van der Waals surface area contributed by atoms with Crippen LogP contribution in [0.25, 0.3) is 0 Å². The second kappa shape index (κ2) is 4.90. The summed E-state index contributed by atoms with van der Waals surface area (Å²) < 4.78 is 0. The molecule has 1 amide bonds. The number of nitroso groups, excluding NO2 is 1. The van der Waals surface area contributed by atoms with E-state index in [9.17, 15) is 14.8 Å². The zero-order valence-corrected chi connectivity index (χ0v) is 8.06. The highest BCUT2D eigenvalue weighted by Crippen LogP contribution is 2.08. The Balaban J connectivity index is 2.81. The molecule has 0 heterocycles. The first-order valence-electron chi connectivity index (χ1n) is 4.23. The summed E-state index contributed by atoms with van der Waals surface area (Å²) in [6, 6.07) is 8.50. The van der Waals surface area contributed by atoms with Gasteiger partial charge in [0.15, 0.2) is 5.70 Å². The smallest absolute Gasteiger partial charge is 0.276 e. The van der Waals surface area contributed by atoms with Crippen molar-refractivity contribution in [2.45, 2.75) is 6.92 Å². The largest absolute Gasteiger partial charge is 0.874 e. The fourth-order valence-corrected chi connectivity index (χ4v) is 0.977. The van der Waals surface area contributed by atoms with Crippen LogP contribution in [0, 0.1) is 4.91 Å². The van der Waals surface area contributed by atoms with Crippen molar-refractivity contribution in [1.82, 2.24) is 0 Å². The molecule has 0 aromatic heterocycles. The van der Waals surface area contributed by atoms with Gasteiger partial charge in [-0.1, -0.05) is 30.9 Å². The van der Waals surface area contributed by atoms with Gasteiger partial charge in [-0.15, -0.1) is 4.91 Å². The number of benzene rings is 1. The average Bonchev–Trinajstić information content (AvgIpc) is 2.19. The van der Waals surface area contributed by atoms with Gasteiger partial charge >= 0.3 is 0 Å². The zero-order valence-electron chi connectivity index (χ0n) is 8.06. The number of carbonyl (C=O) groups is 1. The molecule has 0 fully saturated rings. The second-order valence-electron chi connectivity index (χ2n) is 2.82. The molecule has 0 atom stereocenters. The lowest BCUT2D eigenvalue weighted by molar-refractivity contribution is -0.303. The van der Waals surface area contributed by atoms with Gasteiger partial charge in [-0.05, 0) is 17.3 Å². The van der Waals surface area contributed by atoms with Crippen molar-refractivity contribution in [2.24, 2.45) is 5.18 Å². The highest BCUT2D eigenvalue weighted by Gasteiger charge is 2.09. The fraction of sp³-hybridized carbons (Fsp3) is 0.100. The maximum absolute atomic E-state index is 11.3. The molecule has 15 heavy (non-hydrogen) atoms. The van der Waals surface area contributed by atoms with Crippen molar-refractivity contribution in [3.63, 3.8) is 0 Å². The number of hydrogen-bond donors (Lipinski definition) is 1. The molecule has 1 aromatic rings. The van der Waals surface area contributed by atoms with Crippen LogP contribution in [0.5, 0.6) is 0 Å². The number of para-hydroxylation sites is 1. The van der Waals surface area contributed by atoms with Crippen molar-refractivity contribution in [3.05, 3.63) is 46.7 Å². The summed E-state index contributed by atoms with van der Waals surface area (Å²) in [4.78, 5) is 21.5. The van der Waals surface area contributed by atoms with Crippen molar-refractivity contribution >= 4 is 11.6 Å². The van der Waals surface area contributed by atoms with E-state index >= 15 is 0 Å². The Hall–Kier alpha value is -2.17. The minimum Gasteiger partial charge on any atom is -0.874 e. The molecule has 1 rings (SSSR count). The number of hydrogen-bond acceptors (Lipinski definition) is 4. The fourth-order valence-electron chi connectivity index (χ4n) is 0.977. The molecule has 0 aliphatic heterocycles. The average molecular weight is 205 g/mol. The minimum atomic E-state index is -0.788. The van der Waals surface area contributed by atoms with Crippen molar-refractivity contribution in [2.75, 3.05) is 5.32 Å². The van der Waals surface area contributed by atoms with Gasteiger partial charge in [0, 0.05) is 5.69 Å². The molecule has 5 heteroatoms. The summed E-state index contributed by atoms with van der Waals surface area (Å²) in [5.41, 5.74) is -0.122. The maximum atomic E-state index is 11.3. The van der Waals surface area contributed by atoms with Crippen molar-refractivity contribution < 1.29 is 9.90 Å². The Morgan fingerprint density at radius 1 is 1.33 bits per heavy atom. The first kappa shape index (κ1) is 10.9. The number of nitrogens with zero attached hydrogens (tertiary/aromatic N) is 1. The van der Waals surface area contributed by atoms with Crippen LogP contribution >= 0.6 is 0 Å². The summed E-state index contributed by atoms with van der Waals surface area (Å²) in [7, 11) is 0. The van der Waals surface area contributed by atoms with Gasteiger partial charge in [0.1, 0.15) is 0 Å². The third-order valence-electron chi connectivity index (χ3n) is 1.67. The first-order chi connectivity index (χ1) is 7.15. The van der Waals surface area contributed by atoms with Crippen LogP contribution in [0.1, 0.15) is 6.92 Å². The van der Waals surface area contributed by atoms with Crippen LogP contribution in [0.3, 0.4) is 0 Å². The van der Waals surface area contributed by atoms with Crippen LogP contribution < -0.4 is 10.4 Å². The quantitative estimate of drug-likeness (QED) is 0.453. The maximum Gasteiger partial charge on any atom is 0.276 e. The molecular weight excluding hydrogens is 196 g/mol. The first-order valence-corrected chi connectivity index (χ1v) is 4.23. The van der Waals surface area contributed by atoms with Gasteiger partial charge in [0.2, 0.25) is 0 Å². The summed E-state index contributed by atoms with van der Waals surface area (Å²) in [5.74, 6) is -1.44. The molecule has 78 valence electrons. The Kier molecular flexibility index (Phi) is 3.56. The van der Waals surface area contributed by atoms with E-state index in [1.165, 1.54) is 0 Å². The van der Waals surface area contributed by atoms with Crippen LogP contribution in [0.4, 0.5) is 5.69 Å². The lowest BCUT2D eigenvalue weighted by Gasteiger charge is -2.08. The Morgan fingerprint density at radius 2 is 1.93 bits per heavy atom. The molecule has 5 nitrogen and oxygen atoms in total. The van der Waals surface area contributed by atoms with E-state index in [0.717, 1.165) is 6.92 Å². The van der Waals surface area contributed by atoms with E-state index in [4.69, 9.17) is 0 Å². The third kappa shape index (κ3) is 2.91.